The SMILES string of the molecule is Cn1ncc(C(=O)N[C@H]2CCC[C@@H](Nc3cc(-c4ccccc4)nc(-c4c[nH]c5c(F)cc(F)cc45)n3)C2)c1N. The van der Waals surface area contributed by atoms with Gasteiger partial charge in [0.25, 0.3) is 5.91 Å². The maximum atomic E-state index is 14.4. The summed E-state index contributed by atoms with van der Waals surface area (Å²) in [7, 11) is 1.69. The molecule has 1 aliphatic rings. The molecule has 204 valence electrons. The lowest BCUT2D eigenvalue weighted by atomic mass is 9.90. The molecule has 5 N–H and O–H groups in total. The molecule has 0 unspecified atom stereocenters. The number of H-pyrrole nitrogens is 1. The topological polar surface area (TPSA) is 127 Å². The smallest absolute Gasteiger partial charge is 0.256 e. The fourth-order valence-corrected chi connectivity index (χ4v) is 5.28. The number of aromatic nitrogens is 5. The summed E-state index contributed by atoms with van der Waals surface area (Å²) in [5.74, 6) is -0.349. The molecule has 1 fully saturated rings. The summed E-state index contributed by atoms with van der Waals surface area (Å²) in [6.07, 6.45) is 6.41. The summed E-state index contributed by atoms with van der Waals surface area (Å²) in [4.78, 5) is 25.2. The second-order valence-electron chi connectivity index (χ2n) is 10.1. The zero-order valence-corrected chi connectivity index (χ0v) is 21.8. The largest absolute Gasteiger partial charge is 0.383 e. The summed E-state index contributed by atoms with van der Waals surface area (Å²) in [6, 6.07) is 13.6. The molecule has 3 heterocycles. The van der Waals surface area contributed by atoms with Crippen LogP contribution < -0.4 is 16.4 Å². The number of carbonyl (C=O) groups is 1. The molecule has 0 bridgehead atoms. The lowest BCUT2D eigenvalue weighted by molar-refractivity contribution is 0.0927. The summed E-state index contributed by atoms with van der Waals surface area (Å²) in [5, 5.41) is 11.0. The van der Waals surface area contributed by atoms with E-state index in [-0.39, 0.29) is 23.5 Å². The number of hydrogen-bond acceptors (Lipinski definition) is 6. The number of nitrogens with one attached hydrogen (secondary N) is 3. The van der Waals surface area contributed by atoms with E-state index in [1.54, 1.807) is 13.2 Å². The Labute approximate surface area is 228 Å². The summed E-state index contributed by atoms with van der Waals surface area (Å²) < 4.78 is 30.0. The first-order valence-electron chi connectivity index (χ1n) is 13.1. The lowest BCUT2D eigenvalue weighted by Crippen LogP contribution is -2.42. The van der Waals surface area contributed by atoms with Crippen LogP contribution in [0.15, 0.2) is 60.9 Å². The standard InChI is InChI=1S/C29H28F2N8O/c1-39-27(32)22(15-34-39)29(40)36-19-9-5-8-18(12-19)35-25-13-24(16-6-3-2-4-7-16)37-28(38-25)21-14-33-26-20(21)10-17(30)11-23(26)31/h2-4,6-7,10-11,13-15,18-19,33H,5,8-9,12,32H2,1H3,(H,36,40)(H,35,37,38)/t18-,19+/m1/s1. The number of rotatable bonds is 6. The van der Waals surface area contributed by atoms with Gasteiger partial charge in [-0.2, -0.15) is 5.10 Å². The Kier molecular flexibility index (Phi) is 6.63. The van der Waals surface area contributed by atoms with Crippen molar-refractivity contribution in [1.82, 2.24) is 30.0 Å². The lowest BCUT2D eigenvalue weighted by Gasteiger charge is -2.30. The van der Waals surface area contributed by atoms with Crippen LogP contribution in [-0.2, 0) is 7.05 Å². The van der Waals surface area contributed by atoms with E-state index in [0.29, 0.717) is 46.1 Å². The molecule has 0 spiro atoms. The van der Waals surface area contributed by atoms with E-state index in [9.17, 15) is 13.6 Å². The number of aromatic amines is 1. The average Bonchev–Trinajstić information content (AvgIpc) is 3.52. The number of fused-ring (bicyclic) bond motifs is 1. The Balaban J connectivity index is 1.29. The van der Waals surface area contributed by atoms with E-state index in [2.05, 4.69) is 20.7 Å². The van der Waals surface area contributed by atoms with Crippen LogP contribution in [0.25, 0.3) is 33.5 Å². The third-order valence-corrected chi connectivity index (χ3v) is 7.33. The molecular weight excluding hydrogens is 514 g/mol. The van der Waals surface area contributed by atoms with Gasteiger partial charge >= 0.3 is 0 Å². The Morgan fingerprint density at radius 1 is 1.10 bits per heavy atom. The summed E-state index contributed by atoms with van der Waals surface area (Å²) in [5.41, 5.74) is 8.58. The fraction of sp³-hybridized carbons (Fsp3) is 0.241. The van der Waals surface area contributed by atoms with E-state index < -0.39 is 11.6 Å². The van der Waals surface area contributed by atoms with E-state index in [4.69, 9.17) is 15.7 Å². The minimum atomic E-state index is -0.679. The average molecular weight is 543 g/mol. The molecular formula is C29H28F2N8O. The molecule has 3 aromatic heterocycles. The van der Waals surface area contributed by atoms with Crippen LogP contribution in [0.1, 0.15) is 36.0 Å². The van der Waals surface area contributed by atoms with Crippen LogP contribution in [0.2, 0.25) is 0 Å². The van der Waals surface area contributed by atoms with Crippen molar-refractivity contribution in [3.63, 3.8) is 0 Å². The van der Waals surface area contributed by atoms with E-state index in [0.717, 1.165) is 30.9 Å². The highest BCUT2D eigenvalue weighted by Crippen LogP contribution is 2.32. The third-order valence-electron chi connectivity index (χ3n) is 7.33. The van der Waals surface area contributed by atoms with Crippen molar-refractivity contribution in [2.75, 3.05) is 11.1 Å². The summed E-state index contributed by atoms with van der Waals surface area (Å²) >= 11 is 0. The van der Waals surface area contributed by atoms with Crippen LogP contribution in [0.3, 0.4) is 0 Å². The van der Waals surface area contributed by atoms with Crippen molar-refractivity contribution in [2.24, 2.45) is 7.05 Å². The molecule has 0 radical (unpaired) electrons. The highest BCUT2D eigenvalue weighted by Gasteiger charge is 2.26. The van der Waals surface area contributed by atoms with E-state index >= 15 is 0 Å². The number of anilines is 2. The number of aryl methyl sites for hydroxylation is 1. The second kappa shape index (κ2) is 10.4. The zero-order chi connectivity index (χ0) is 27.8. The normalized spacial score (nSPS) is 17.2. The maximum Gasteiger partial charge on any atom is 0.256 e. The molecule has 5 aromatic rings. The van der Waals surface area contributed by atoms with Crippen LogP contribution in [0.5, 0.6) is 0 Å². The number of carbonyl (C=O) groups excluding carboxylic acids is 1. The van der Waals surface area contributed by atoms with Crippen molar-refractivity contribution in [1.29, 1.82) is 0 Å². The van der Waals surface area contributed by atoms with Gasteiger partial charge in [0.05, 0.1) is 17.4 Å². The molecule has 6 rings (SSSR count). The van der Waals surface area contributed by atoms with Crippen LogP contribution >= 0.6 is 0 Å². The molecule has 1 amide bonds. The predicted molar refractivity (Wildman–Crippen MR) is 149 cm³/mol. The molecule has 1 aliphatic carbocycles. The van der Waals surface area contributed by atoms with Crippen molar-refractivity contribution < 1.29 is 13.6 Å². The molecule has 2 atom stereocenters. The predicted octanol–water partition coefficient (Wildman–Crippen LogP) is 5.04. The number of nitrogen functional groups attached to an aromatic ring is 1. The quantitative estimate of drug-likeness (QED) is 0.238. The van der Waals surface area contributed by atoms with Gasteiger partial charge in [-0.3, -0.25) is 9.48 Å². The van der Waals surface area contributed by atoms with Gasteiger partial charge in [0.2, 0.25) is 0 Å². The molecule has 0 saturated heterocycles. The highest BCUT2D eigenvalue weighted by atomic mass is 19.1. The Morgan fingerprint density at radius 2 is 1.90 bits per heavy atom. The molecule has 1 saturated carbocycles. The number of nitrogens with two attached hydrogens (primary N) is 1. The van der Waals surface area contributed by atoms with E-state index in [1.165, 1.54) is 16.9 Å². The molecule has 40 heavy (non-hydrogen) atoms. The highest BCUT2D eigenvalue weighted by molar-refractivity contribution is 5.98. The number of nitrogens with zero attached hydrogens (tertiary/aromatic N) is 4. The first kappa shape index (κ1) is 25.5. The zero-order valence-electron chi connectivity index (χ0n) is 21.8. The Morgan fingerprint density at radius 3 is 2.67 bits per heavy atom. The van der Waals surface area contributed by atoms with E-state index in [1.807, 2.05) is 36.4 Å². The third kappa shape index (κ3) is 4.97. The van der Waals surface area contributed by atoms with Gasteiger partial charge in [-0.05, 0) is 31.7 Å². The van der Waals surface area contributed by atoms with Gasteiger partial charge in [-0.1, -0.05) is 30.3 Å². The van der Waals surface area contributed by atoms with Gasteiger partial charge in [0, 0.05) is 54.0 Å². The van der Waals surface area contributed by atoms with Crippen molar-refractivity contribution in [3.05, 3.63) is 78.1 Å². The molecule has 2 aromatic carbocycles. The van der Waals surface area contributed by atoms with Gasteiger partial charge in [-0.25, -0.2) is 18.7 Å². The minimum absolute atomic E-state index is 0.0366. The molecule has 9 nitrogen and oxygen atoms in total. The van der Waals surface area contributed by atoms with Crippen molar-refractivity contribution in [2.45, 2.75) is 37.8 Å². The first-order valence-corrected chi connectivity index (χ1v) is 13.1. The van der Waals surface area contributed by atoms with Gasteiger partial charge in [0.15, 0.2) is 5.82 Å². The molecule has 0 aliphatic heterocycles. The summed E-state index contributed by atoms with van der Waals surface area (Å²) in [6.45, 7) is 0. The van der Waals surface area contributed by atoms with Gasteiger partial charge in [-0.15, -0.1) is 0 Å². The number of hydrogen-bond donors (Lipinski definition) is 4. The van der Waals surface area contributed by atoms with Gasteiger partial charge in [0.1, 0.15) is 28.8 Å². The van der Waals surface area contributed by atoms with Crippen molar-refractivity contribution >= 4 is 28.4 Å². The molecule has 11 heteroatoms. The Bertz CT molecular complexity index is 1700. The first-order chi connectivity index (χ1) is 19.4. The maximum absolute atomic E-state index is 14.4. The van der Waals surface area contributed by atoms with Crippen molar-refractivity contribution in [3.8, 4) is 22.6 Å². The number of amides is 1. The fourth-order valence-electron chi connectivity index (χ4n) is 5.28. The minimum Gasteiger partial charge on any atom is -0.383 e. The van der Waals surface area contributed by atoms with Crippen LogP contribution in [0, 0.1) is 11.6 Å². The van der Waals surface area contributed by atoms with Crippen LogP contribution in [0.4, 0.5) is 20.4 Å². The number of benzene rings is 2. The Hall–Kier alpha value is -4.80. The monoisotopic (exact) mass is 542 g/mol. The van der Waals surface area contributed by atoms with Gasteiger partial charge < -0.3 is 21.4 Å². The van der Waals surface area contributed by atoms with Crippen LogP contribution in [-0.4, -0.2) is 42.7 Å². The number of halogens is 2. The second-order valence-corrected chi connectivity index (χ2v) is 10.1.